The third-order valence-corrected chi connectivity index (χ3v) is 4.70. The van der Waals surface area contributed by atoms with E-state index in [-0.39, 0.29) is 35.7 Å². The van der Waals surface area contributed by atoms with Crippen molar-refractivity contribution in [3.8, 4) is 24.2 Å². The van der Waals surface area contributed by atoms with E-state index in [1.807, 2.05) is 0 Å². The van der Waals surface area contributed by atoms with Crippen LogP contribution in [0.5, 0.6) is 5.75 Å². The summed E-state index contributed by atoms with van der Waals surface area (Å²) >= 11 is 0. The molecule has 0 aliphatic rings. The average Bonchev–Trinajstić information content (AvgIpc) is 2.99. The second-order valence-electron chi connectivity index (χ2n) is 5.91. The molecule has 2 rings (SSSR count). The second-order valence-corrected chi connectivity index (χ2v) is 7.44. The van der Waals surface area contributed by atoms with Gasteiger partial charge in [-0.05, 0) is 18.2 Å². The average molecular weight is 420 g/mol. The van der Waals surface area contributed by atoms with Gasteiger partial charge in [0.25, 0.3) is 5.91 Å². The number of nitrogens with two attached hydrogens (primary N) is 1. The van der Waals surface area contributed by atoms with Crippen molar-refractivity contribution in [3.63, 3.8) is 0 Å². The minimum absolute atomic E-state index is 0.0139. The largest absolute Gasteiger partial charge is 0.490 e. The van der Waals surface area contributed by atoms with Gasteiger partial charge >= 0.3 is 0 Å². The number of carbonyl (C=O) groups is 1. The van der Waals surface area contributed by atoms with Crippen LogP contribution in [0.2, 0.25) is 0 Å². The highest BCUT2D eigenvalue weighted by molar-refractivity contribution is 7.89. The Kier molecular flexibility index (Phi) is 6.61. The number of nitriles is 1. The van der Waals surface area contributed by atoms with Crippen LogP contribution in [0.3, 0.4) is 0 Å². The molecular formula is C18H17FN4O5S. The summed E-state index contributed by atoms with van der Waals surface area (Å²) in [6, 6.07) is 5.02. The fraction of sp³-hybridized carbons (Fsp3) is 0.222. The lowest BCUT2D eigenvalue weighted by Gasteiger charge is -2.12. The Morgan fingerprint density at radius 3 is 2.79 bits per heavy atom. The number of aryl methyl sites for hydroxylation is 1. The van der Waals surface area contributed by atoms with Crippen molar-refractivity contribution in [2.75, 3.05) is 11.9 Å². The van der Waals surface area contributed by atoms with Crippen molar-refractivity contribution in [3.05, 3.63) is 41.5 Å². The summed E-state index contributed by atoms with van der Waals surface area (Å²) in [5.41, 5.74) is -0.355. The number of anilines is 1. The molecule has 11 heteroatoms. The molecule has 0 saturated carbocycles. The number of primary sulfonamides is 1. The number of rotatable bonds is 7. The maximum atomic E-state index is 13.5. The monoisotopic (exact) mass is 420 g/mol. The van der Waals surface area contributed by atoms with Crippen LogP contribution >= 0.6 is 0 Å². The van der Waals surface area contributed by atoms with Gasteiger partial charge in [-0.15, -0.1) is 6.42 Å². The molecule has 0 unspecified atom stereocenters. The van der Waals surface area contributed by atoms with Gasteiger partial charge in [0.05, 0.1) is 12.2 Å². The van der Waals surface area contributed by atoms with E-state index in [4.69, 9.17) is 21.6 Å². The Morgan fingerprint density at radius 2 is 2.21 bits per heavy atom. The van der Waals surface area contributed by atoms with Gasteiger partial charge in [-0.3, -0.25) is 4.79 Å². The molecule has 0 bridgehead atoms. The SMILES string of the molecule is C#C[C@@H](O)CCOc1c(S(N)(=O)=O)cn(C)c1C(=O)Nc1ccc(F)c(C#N)c1. The van der Waals surface area contributed by atoms with Crippen molar-refractivity contribution in [2.45, 2.75) is 17.4 Å². The molecule has 1 aromatic carbocycles. The van der Waals surface area contributed by atoms with Crippen LogP contribution in [0.15, 0.2) is 29.3 Å². The van der Waals surface area contributed by atoms with Crippen LogP contribution < -0.4 is 15.2 Å². The zero-order valence-corrected chi connectivity index (χ0v) is 16.0. The molecule has 1 atom stereocenters. The predicted octanol–water partition coefficient (Wildman–Crippen LogP) is 0.699. The smallest absolute Gasteiger partial charge is 0.276 e. The Bertz CT molecular complexity index is 1130. The highest BCUT2D eigenvalue weighted by Crippen LogP contribution is 2.30. The van der Waals surface area contributed by atoms with Crippen molar-refractivity contribution in [1.82, 2.24) is 4.57 Å². The second kappa shape index (κ2) is 8.75. The number of hydrogen-bond donors (Lipinski definition) is 3. The summed E-state index contributed by atoms with van der Waals surface area (Å²) in [5, 5.41) is 25.9. The maximum absolute atomic E-state index is 13.5. The summed E-state index contributed by atoms with van der Waals surface area (Å²) in [5.74, 6) is 0.218. The minimum Gasteiger partial charge on any atom is -0.490 e. The molecule has 1 amide bonds. The van der Waals surface area contributed by atoms with Gasteiger partial charge in [-0.1, -0.05) is 5.92 Å². The first-order chi connectivity index (χ1) is 13.6. The number of halogens is 1. The lowest BCUT2D eigenvalue weighted by Crippen LogP contribution is -2.19. The number of nitrogens with one attached hydrogen (secondary N) is 1. The molecule has 4 N–H and O–H groups in total. The van der Waals surface area contributed by atoms with Crippen LogP contribution in [0.1, 0.15) is 22.5 Å². The van der Waals surface area contributed by atoms with Crippen LogP contribution in [0.25, 0.3) is 0 Å². The van der Waals surface area contributed by atoms with Crippen molar-refractivity contribution >= 4 is 21.6 Å². The number of nitrogens with zero attached hydrogens (tertiary/aromatic N) is 2. The molecule has 0 saturated heterocycles. The van der Waals surface area contributed by atoms with Gasteiger partial charge in [-0.2, -0.15) is 5.26 Å². The maximum Gasteiger partial charge on any atom is 0.276 e. The fourth-order valence-electron chi connectivity index (χ4n) is 2.42. The molecule has 0 aliphatic heterocycles. The van der Waals surface area contributed by atoms with Crippen LogP contribution in [-0.2, 0) is 17.1 Å². The number of sulfonamides is 1. The quantitative estimate of drug-likeness (QED) is 0.562. The Morgan fingerprint density at radius 1 is 1.52 bits per heavy atom. The molecule has 29 heavy (non-hydrogen) atoms. The number of aromatic nitrogens is 1. The highest BCUT2D eigenvalue weighted by atomic mass is 32.2. The van der Waals surface area contributed by atoms with E-state index in [1.165, 1.54) is 17.7 Å². The molecule has 0 spiro atoms. The van der Waals surface area contributed by atoms with Crippen molar-refractivity contribution < 1.29 is 27.4 Å². The molecule has 9 nitrogen and oxygen atoms in total. The third kappa shape index (κ3) is 5.12. The van der Waals surface area contributed by atoms with E-state index in [0.29, 0.717) is 0 Å². The number of benzene rings is 1. The summed E-state index contributed by atoms with van der Waals surface area (Å²) in [4.78, 5) is 12.3. The van der Waals surface area contributed by atoms with Crippen LogP contribution in [-0.4, -0.2) is 36.7 Å². The van der Waals surface area contributed by atoms with Crippen LogP contribution in [0, 0.1) is 29.5 Å². The van der Waals surface area contributed by atoms with Crippen molar-refractivity contribution in [2.24, 2.45) is 12.2 Å². The normalized spacial score (nSPS) is 11.9. The van der Waals surface area contributed by atoms with Gasteiger partial charge in [0, 0.05) is 25.4 Å². The highest BCUT2D eigenvalue weighted by Gasteiger charge is 2.28. The summed E-state index contributed by atoms with van der Waals surface area (Å²) in [7, 11) is -2.83. The number of amides is 1. The summed E-state index contributed by atoms with van der Waals surface area (Å²) < 4.78 is 43.8. The molecule has 1 aromatic heterocycles. The third-order valence-electron chi connectivity index (χ3n) is 3.80. The van der Waals surface area contributed by atoms with Gasteiger partial charge in [-0.25, -0.2) is 17.9 Å². The standard InChI is InChI=1S/C18H17FN4O5S/c1-3-13(24)6-7-28-17-15(29(21,26)27)10-23(2)16(17)18(25)22-12-4-5-14(19)11(8-12)9-20/h1,4-5,8,10,13,24H,6-7H2,2H3,(H,22,25)(H2,21,26,27)/t13-/m1/s1. The number of carbonyl (C=O) groups excluding carboxylic acids is 1. The molecule has 0 radical (unpaired) electrons. The van der Waals surface area contributed by atoms with Gasteiger partial charge in [0.2, 0.25) is 10.0 Å². The molecule has 1 heterocycles. The molecule has 0 aliphatic carbocycles. The van der Waals surface area contributed by atoms with Gasteiger partial charge in [0.1, 0.15) is 22.9 Å². The van der Waals surface area contributed by atoms with E-state index in [2.05, 4.69) is 11.2 Å². The van der Waals surface area contributed by atoms with Gasteiger partial charge in [0.15, 0.2) is 11.4 Å². The Balaban J connectivity index is 2.40. The lowest BCUT2D eigenvalue weighted by molar-refractivity contribution is 0.101. The zero-order chi connectivity index (χ0) is 21.8. The number of aliphatic hydroxyl groups excluding tert-OH is 1. The first-order valence-electron chi connectivity index (χ1n) is 8.08. The molecular weight excluding hydrogens is 403 g/mol. The summed E-state index contributed by atoms with van der Waals surface area (Å²) in [6.45, 7) is -0.187. The minimum atomic E-state index is -4.24. The molecule has 152 valence electrons. The first-order valence-corrected chi connectivity index (χ1v) is 9.63. The van der Waals surface area contributed by atoms with E-state index in [1.54, 1.807) is 6.07 Å². The number of terminal acetylenes is 1. The van der Waals surface area contributed by atoms with Gasteiger partial charge < -0.3 is 19.7 Å². The number of aliphatic hydroxyl groups is 1. The first kappa shape index (κ1) is 21.9. The number of hydrogen-bond acceptors (Lipinski definition) is 6. The van der Waals surface area contributed by atoms with E-state index in [0.717, 1.165) is 18.3 Å². The van der Waals surface area contributed by atoms with E-state index >= 15 is 0 Å². The zero-order valence-electron chi connectivity index (χ0n) is 15.2. The van der Waals surface area contributed by atoms with Crippen LogP contribution in [0.4, 0.5) is 10.1 Å². The predicted molar refractivity (Wildman–Crippen MR) is 101 cm³/mol. The summed E-state index contributed by atoms with van der Waals surface area (Å²) in [6.07, 6.45) is 5.04. The van der Waals surface area contributed by atoms with E-state index < -0.39 is 32.7 Å². The Hall–Kier alpha value is -3.38. The van der Waals surface area contributed by atoms with E-state index in [9.17, 15) is 22.7 Å². The Labute approximate surface area is 166 Å². The topological polar surface area (TPSA) is 147 Å². The molecule has 0 fully saturated rings. The fourth-order valence-corrected chi connectivity index (χ4v) is 3.14. The lowest BCUT2D eigenvalue weighted by atomic mass is 10.2. The van der Waals surface area contributed by atoms with Crippen molar-refractivity contribution in [1.29, 1.82) is 5.26 Å². The number of ether oxygens (including phenoxy) is 1. The molecule has 2 aromatic rings.